The zero-order valence-electron chi connectivity index (χ0n) is 7.71. The Morgan fingerprint density at radius 1 is 1.08 bits per heavy atom. The first-order valence-electron chi connectivity index (χ1n) is 4.40. The summed E-state index contributed by atoms with van der Waals surface area (Å²) >= 11 is 0. The Bertz CT molecular complexity index is 208. The van der Waals surface area contributed by atoms with Crippen molar-refractivity contribution < 1.29 is 19.5 Å². The van der Waals surface area contributed by atoms with Gasteiger partial charge in [0.2, 0.25) is 5.78 Å². The van der Waals surface area contributed by atoms with Gasteiger partial charge >= 0.3 is 11.8 Å². The first-order chi connectivity index (χ1) is 6.09. The van der Waals surface area contributed by atoms with Gasteiger partial charge in [-0.3, -0.25) is 9.59 Å². The van der Waals surface area contributed by atoms with Gasteiger partial charge in [0.25, 0.3) is 0 Å². The Balaban J connectivity index is 3.63. The van der Waals surface area contributed by atoms with Crippen molar-refractivity contribution in [2.24, 2.45) is 0 Å². The number of ketones is 2. The predicted molar refractivity (Wildman–Crippen MR) is 46.4 cm³/mol. The first-order valence-corrected chi connectivity index (χ1v) is 4.40. The topological polar surface area (TPSA) is 71.4 Å². The molecule has 0 heterocycles. The summed E-state index contributed by atoms with van der Waals surface area (Å²) in [5.41, 5.74) is 0. The summed E-state index contributed by atoms with van der Waals surface area (Å²) in [5.74, 6) is -3.74. The molecular formula is C9H14O4. The van der Waals surface area contributed by atoms with Crippen molar-refractivity contribution in [1.82, 2.24) is 0 Å². The molecule has 0 rings (SSSR count). The van der Waals surface area contributed by atoms with Gasteiger partial charge in [-0.05, 0) is 6.42 Å². The molecule has 74 valence electrons. The van der Waals surface area contributed by atoms with E-state index in [9.17, 15) is 14.4 Å². The van der Waals surface area contributed by atoms with Crippen LogP contribution in [0.2, 0.25) is 0 Å². The molecule has 0 aromatic heterocycles. The Labute approximate surface area is 76.9 Å². The molecule has 0 aliphatic carbocycles. The lowest BCUT2D eigenvalue weighted by atomic mass is 10.1. The number of hydrogen-bond donors (Lipinski definition) is 1. The van der Waals surface area contributed by atoms with Gasteiger partial charge in [0, 0.05) is 6.42 Å². The molecule has 0 atom stereocenters. The molecule has 1 N–H and O–H groups in total. The summed E-state index contributed by atoms with van der Waals surface area (Å²) in [7, 11) is 0. The van der Waals surface area contributed by atoms with Gasteiger partial charge in [0.15, 0.2) is 0 Å². The molecule has 0 unspecified atom stereocenters. The molecule has 0 radical (unpaired) electrons. The number of carbonyl (C=O) groups is 3. The minimum absolute atomic E-state index is 0.0606. The maximum Gasteiger partial charge on any atom is 0.380 e. The summed E-state index contributed by atoms with van der Waals surface area (Å²) in [6.07, 6.45) is 3.58. The van der Waals surface area contributed by atoms with Crippen LogP contribution in [0.1, 0.15) is 39.0 Å². The SMILES string of the molecule is CCCCCCC(=O)C(=O)C(=O)O. The highest BCUT2D eigenvalue weighted by Gasteiger charge is 2.20. The fraction of sp³-hybridized carbons (Fsp3) is 0.667. The van der Waals surface area contributed by atoms with Crippen LogP contribution < -0.4 is 0 Å². The van der Waals surface area contributed by atoms with E-state index in [0.29, 0.717) is 6.42 Å². The quantitative estimate of drug-likeness (QED) is 0.368. The second kappa shape index (κ2) is 6.34. The number of hydrogen-bond acceptors (Lipinski definition) is 3. The number of carbonyl (C=O) groups excluding carboxylic acids is 2. The van der Waals surface area contributed by atoms with Crippen LogP contribution in [0.5, 0.6) is 0 Å². The summed E-state index contributed by atoms with van der Waals surface area (Å²) in [6.45, 7) is 2.03. The third-order valence-corrected chi connectivity index (χ3v) is 1.70. The van der Waals surface area contributed by atoms with Gasteiger partial charge in [0.05, 0.1) is 0 Å². The molecular weight excluding hydrogens is 172 g/mol. The molecule has 0 saturated heterocycles. The largest absolute Gasteiger partial charge is 0.475 e. The molecule has 0 aliphatic heterocycles. The molecule has 4 nitrogen and oxygen atoms in total. The number of rotatable bonds is 7. The lowest BCUT2D eigenvalue weighted by Gasteiger charge is -1.96. The number of unbranched alkanes of at least 4 members (excludes halogenated alkanes) is 3. The van der Waals surface area contributed by atoms with Crippen molar-refractivity contribution in [3.05, 3.63) is 0 Å². The summed E-state index contributed by atoms with van der Waals surface area (Å²) in [5, 5.41) is 8.18. The van der Waals surface area contributed by atoms with Gasteiger partial charge in [-0.25, -0.2) is 4.79 Å². The van der Waals surface area contributed by atoms with Crippen LogP contribution in [-0.4, -0.2) is 22.6 Å². The Kier molecular flexibility index (Phi) is 5.76. The fourth-order valence-electron chi connectivity index (χ4n) is 0.945. The maximum atomic E-state index is 10.8. The molecule has 0 aromatic carbocycles. The van der Waals surface area contributed by atoms with E-state index in [-0.39, 0.29) is 6.42 Å². The van der Waals surface area contributed by atoms with E-state index in [1.54, 1.807) is 0 Å². The van der Waals surface area contributed by atoms with Crippen LogP contribution in [-0.2, 0) is 14.4 Å². The van der Waals surface area contributed by atoms with E-state index in [0.717, 1.165) is 19.3 Å². The summed E-state index contributed by atoms with van der Waals surface area (Å²) < 4.78 is 0. The van der Waals surface area contributed by atoms with Crippen molar-refractivity contribution in [1.29, 1.82) is 0 Å². The van der Waals surface area contributed by atoms with Crippen LogP contribution >= 0.6 is 0 Å². The maximum absolute atomic E-state index is 10.8. The van der Waals surface area contributed by atoms with E-state index in [1.165, 1.54) is 0 Å². The first kappa shape index (κ1) is 11.8. The monoisotopic (exact) mass is 186 g/mol. The zero-order chi connectivity index (χ0) is 10.3. The smallest absolute Gasteiger partial charge is 0.380 e. The lowest BCUT2D eigenvalue weighted by Crippen LogP contribution is -2.22. The van der Waals surface area contributed by atoms with E-state index < -0.39 is 17.5 Å². The van der Waals surface area contributed by atoms with E-state index in [1.807, 2.05) is 6.92 Å². The van der Waals surface area contributed by atoms with Crippen molar-refractivity contribution in [3.8, 4) is 0 Å². The normalized spacial score (nSPS) is 9.62. The Morgan fingerprint density at radius 2 is 1.69 bits per heavy atom. The van der Waals surface area contributed by atoms with Crippen molar-refractivity contribution in [3.63, 3.8) is 0 Å². The fourth-order valence-corrected chi connectivity index (χ4v) is 0.945. The highest BCUT2D eigenvalue weighted by molar-refractivity contribution is 6.61. The van der Waals surface area contributed by atoms with Crippen LogP contribution in [0.4, 0.5) is 0 Å². The van der Waals surface area contributed by atoms with Crippen molar-refractivity contribution in [2.75, 3.05) is 0 Å². The molecule has 4 heteroatoms. The molecule has 0 saturated carbocycles. The number of carboxylic acid groups (broad SMARTS) is 1. The molecule has 0 bridgehead atoms. The lowest BCUT2D eigenvalue weighted by molar-refractivity contribution is -0.152. The van der Waals surface area contributed by atoms with E-state index in [4.69, 9.17) is 5.11 Å². The molecule has 0 amide bonds. The second-order valence-electron chi connectivity index (χ2n) is 2.87. The minimum Gasteiger partial charge on any atom is -0.475 e. The van der Waals surface area contributed by atoms with Crippen molar-refractivity contribution in [2.45, 2.75) is 39.0 Å². The van der Waals surface area contributed by atoms with E-state index in [2.05, 4.69) is 0 Å². The van der Waals surface area contributed by atoms with E-state index >= 15 is 0 Å². The van der Waals surface area contributed by atoms with Gasteiger partial charge in [-0.2, -0.15) is 0 Å². The van der Waals surface area contributed by atoms with Crippen LogP contribution in [0, 0.1) is 0 Å². The molecule has 0 aliphatic rings. The van der Waals surface area contributed by atoms with Crippen LogP contribution in [0.25, 0.3) is 0 Å². The standard InChI is InChI=1S/C9H14O4/c1-2-3-4-5-6-7(10)8(11)9(12)13/h2-6H2,1H3,(H,12,13). The third kappa shape index (κ3) is 5.11. The van der Waals surface area contributed by atoms with Gasteiger partial charge in [-0.1, -0.05) is 26.2 Å². The average molecular weight is 186 g/mol. The van der Waals surface area contributed by atoms with Crippen molar-refractivity contribution >= 4 is 17.5 Å². The third-order valence-electron chi connectivity index (χ3n) is 1.70. The molecule has 0 fully saturated rings. The second-order valence-corrected chi connectivity index (χ2v) is 2.87. The zero-order valence-corrected chi connectivity index (χ0v) is 7.71. The highest BCUT2D eigenvalue weighted by atomic mass is 16.4. The Morgan fingerprint density at radius 3 is 2.15 bits per heavy atom. The Hall–Kier alpha value is -1.19. The van der Waals surface area contributed by atoms with Gasteiger partial charge in [0.1, 0.15) is 0 Å². The molecule has 0 spiro atoms. The van der Waals surface area contributed by atoms with Gasteiger partial charge < -0.3 is 5.11 Å². The summed E-state index contributed by atoms with van der Waals surface area (Å²) in [4.78, 5) is 31.4. The minimum atomic E-state index is -1.65. The number of aliphatic carboxylic acids is 1. The average Bonchev–Trinajstić information content (AvgIpc) is 2.10. The predicted octanol–water partition coefficient (Wildman–Crippen LogP) is 1.18. The summed E-state index contributed by atoms with van der Waals surface area (Å²) in [6, 6.07) is 0. The number of carboxylic acids is 1. The van der Waals surface area contributed by atoms with Gasteiger partial charge in [-0.15, -0.1) is 0 Å². The molecule has 0 aromatic rings. The van der Waals surface area contributed by atoms with Crippen LogP contribution in [0.15, 0.2) is 0 Å². The van der Waals surface area contributed by atoms with Crippen LogP contribution in [0.3, 0.4) is 0 Å². The highest BCUT2D eigenvalue weighted by Crippen LogP contribution is 2.03. The molecule has 13 heavy (non-hydrogen) atoms. The number of Topliss-reactive ketones (excluding diaryl/α,β-unsaturated/α-hetero) is 2.